The van der Waals surface area contributed by atoms with E-state index in [0.29, 0.717) is 20.7 Å². The summed E-state index contributed by atoms with van der Waals surface area (Å²) in [6.07, 6.45) is -0.0530. The Bertz CT molecular complexity index is 895. The molecule has 0 radical (unpaired) electrons. The van der Waals surface area contributed by atoms with Crippen LogP contribution >= 0.6 is 39.3 Å². The van der Waals surface area contributed by atoms with E-state index in [9.17, 15) is 14.0 Å². The largest absolute Gasteiger partial charge is 0.466 e. The van der Waals surface area contributed by atoms with Gasteiger partial charge in [-0.3, -0.25) is 9.59 Å². The molecule has 0 spiro atoms. The van der Waals surface area contributed by atoms with Gasteiger partial charge in [-0.15, -0.1) is 11.8 Å². The van der Waals surface area contributed by atoms with Gasteiger partial charge in [0.25, 0.3) is 0 Å². The molecular formula is C19H16BrClFNO3S. The maximum atomic E-state index is 14.3. The molecule has 0 saturated carbocycles. The zero-order chi connectivity index (χ0) is 19.6. The van der Waals surface area contributed by atoms with E-state index in [-0.39, 0.29) is 25.5 Å². The number of thioether (sulfide) groups is 1. The van der Waals surface area contributed by atoms with Crippen LogP contribution in [0.5, 0.6) is 0 Å². The standard InChI is InChI=1S/C19H16BrClFNO3S/c1-2-26-17(24)9-16-19(25)23(10-11-6-7-12(20)8-14(11)22)18-13(21)4-3-5-15(18)27-16/h3-8,16H,2,9-10H2,1H3. The Labute approximate surface area is 174 Å². The van der Waals surface area contributed by atoms with Crippen LogP contribution in [0.15, 0.2) is 45.8 Å². The van der Waals surface area contributed by atoms with Crippen LogP contribution in [0.3, 0.4) is 0 Å². The molecule has 0 N–H and O–H groups in total. The second kappa shape index (κ2) is 8.63. The summed E-state index contributed by atoms with van der Waals surface area (Å²) >= 11 is 10.8. The van der Waals surface area contributed by atoms with Crippen LogP contribution in [0.4, 0.5) is 10.1 Å². The van der Waals surface area contributed by atoms with Crippen molar-refractivity contribution < 1.29 is 18.7 Å². The van der Waals surface area contributed by atoms with E-state index >= 15 is 0 Å². The summed E-state index contributed by atoms with van der Waals surface area (Å²) in [6.45, 7) is 1.99. The SMILES string of the molecule is CCOC(=O)CC1Sc2cccc(Cl)c2N(Cc2ccc(Br)cc2F)C1=O. The summed E-state index contributed by atoms with van der Waals surface area (Å²) in [6, 6.07) is 9.98. The smallest absolute Gasteiger partial charge is 0.307 e. The van der Waals surface area contributed by atoms with Gasteiger partial charge in [-0.05, 0) is 31.2 Å². The van der Waals surface area contributed by atoms with E-state index in [4.69, 9.17) is 16.3 Å². The molecule has 1 atom stereocenters. The molecule has 0 aromatic heterocycles. The van der Waals surface area contributed by atoms with Gasteiger partial charge in [-0.25, -0.2) is 4.39 Å². The zero-order valence-corrected chi connectivity index (χ0v) is 17.5. The van der Waals surface area contributed by atoms with Crippen LogP contribution < -0.4 is 4.90 Å². The van der Waals surface area contributed by atoms with Gasteiger partial charge in [0.15, 0.2) is 0 Å². The lowest BCUT2D eigenvalue weighted by Gasteiger charge is -2.34. The van der Waals surface area contributed by atoms with Crippen LogP contribution in [0, 0.1) is 5.82 Å². The van der Waals surface area contributed by atoms with Gasteiger partial charge in [-0.2, -0.15) is 0 Å². The van der Waals surface area contributed by atoms with Gasteiger partial charge in [0.05, 0.1) is 35.5 Å². The lowest BCUT2D eigenvalue weighted by Crippen LogP contribution is -2.42. The number of hydrogen-bond acceptors (Lipinski definition) is 4. The highest BCUT2D eigenvalue weighted by atomic mass is 79.9. The van der Waals surface area contributed by atoms with Crippen LogP contribution in [0.25, 0.3) is 0 Å². The van der Waals surface area contributed by atoms with Gasteiger partial charge < -0.3 is 9.64 Å². The van der Waals surface area contributed by atoms with Crippen LogP contribution in [-0.2, 0) is 20.9 Å². The third-order valence-corrected chi connectivity index (χ3v) is 6.07. The lowest BCUT2D eigenvalue weighted by atomic mass is 10.1. The Hall–Kier alpha value is -1.57. The molecule has 27 heavy (non-hydrogen) atoms. The van der Waals surface area contributed by atoms with Crippen molar-refractivity contribution in [2.24, 2.45) is 0 Å². The molecule has 1 heterocycles. The third kappa shape index (κ3) is 4.47. The highest BCUT2D eigenvalue weighted by Crippen LogP contribution is 2.45. The molecule has 142 valence electrons. The average molecular weight is 473 g/mol. The molecule has 3 rings (SSSR count). The number of amides is 1. The predicted molar refractivity (Wildman–Crippen MR) is 108 cm³/mol. The number of rotatable bonds is 5. The normalized spacial score (nSPS) is 16.2. The molecule has 1 unspecified atom stereocenters. The molecule has 0 aliphatic carbocycles. The number of nitrogens with zero attached hydrogens (tertiary/aromatic N) is 1. The van der Waals surface area contributed by atoms with Crippen molar-refractivity contribution in [1.82, 2.24) is 0 Å². The highest BCUT2D eigenvalue weighted by Gasteiger charge is 2.36. The number of esters is 1. The van der Waals surface area contributed by atoms with E-state index in [1.165, 1.54) is 22.7 Å². The van der Waals surface area contributed by atoms with E-state index in [1.54, 1.807) is 31.2 Å². The number of carbonyl (C=O) groups is 2. The van der Waals surface area contributed by atoms with E-state index in [1.807, 2.05) is 6.07 Å². The van der Waals surface area contributed by atoms with Gasteiger partial charge >= 0.3 is 5.97 Å². The summed E-state index contributed by atoms with van der Waals surface area (Å²) in [7, 11) is 0. The van der Waals surface area contributed by atoms with Crippen LogP contribution in [0.2, 0.25) is 5.02 Å². The van der Waals surface area contributed by atoms with E-state index < -0.39 is 17.0 Å². The predicted octanol–water partition coefficient (Wildman–Crippen LogP) is 5.20. The monoisotopic (exact) mass is 471 g/mol. The summed E-state index contributed by atoms with van der Waals surface area (Å²) in [5, 5.41) is -0.242. The number of ether oxygens (including phenoxy) is 1. The Morgan fingerprint density at radius 1 is 1.37 bits per heavy atom. The molecular weight excluding hydrogens is 457 g/mol. The average Bonchev–Trinajstić information content (AvgIpc) is 2.60. The number of fused-ring (bicyclic) bond motifs is 1. The molecule has 1 aliphatic heterocycles. The molecule has 8 heteroatoms. The Kier molecular flexibility index (Phi) is 6.44. The zero-order valence-electron chi connectivity index (χ0n) is 14.4. The topological polar surface area (TPSA) is 46.6 Å². The van der Waals surface area contributed by atoms with Gasteiger partial charge in [-0.1, -0.05) is 39.7 Å². The summed E-state index contributed by atoms with van der Waals surface area (Å²) in [5.41, 5.74) is 0.899. The minimum atomic E-state index is -0.645. The second-order valence-electron chi connectivity index (χ2n) is 5.86. The van der Waals surface area contributed by atoms with E-state index in [0.717, 1.165) is 4.90 Å². The van der Waals surface area contributed by atoms with E-state index in [2.05, 4.69) is 15.9 Å². The highest BCUT2D eigenvalue weighted by molar-refractivity contribution is 9.10. The molecule has 2 aromatic carbocycles. The van der Waals surface area contributed by atoms with Gasteiger partial charge in [0.2, 0.25) is 5.91 Å². The van der Waals surface area contributed by atoms with Crippen molar-refractivity contribution in [2.75, 3.05) is 11.5 Å². The molecule has 0 saturated heterocycles. The maximum Gasteiger partial charge on any atom is 0.307 e. The summed E-state index contributed by atoms with van der Waals surface area (Å²) < 4.78 is 19.9. The van der Waals surface area contributed by atoms with Crippen molar-refractivity contribution in [2.45, 2.75) is 30.0 Å². The second-order valence-corrected chi connectivity index (χ2v) is 8.43. The fourth-order valence-electron chi connectivity index (χ4n) is 2.82. The minimum Gasteiger partial charge on any atom is -0.466 e. The van der Waals surface area contributed by atoms with Crippen molar-refractivity contribution in [3.63, 3.8) is 0 Å². The first-order valence-electron chi connectivity index (χ1n) is 8.26. The summed E-state index contributed by atoms with van der Waals surface area (Å²) in [4.78, 5) is 27.2. The Balaban J connectivity index is 1.96. The first-order chi connectivity index (χ1) is 12.9. The third-order valence-electron chi connectivity index (χ3n) is 4.03. The number of carbonyl (C=O) groups excluding carboxylic acids is 2. The number of halogens is 3. The number of para-hydroxylation sites is 1. The quantitative estimate of drug-likeness (QED) is 0.561. The minimum absolute atomic E-state index is 0.0224. The molecule has 1 aliphatic rings. The fraction of sp³-hybridized carbons (Fsp3) is 0.263. The molecule has 1 amide bonds. The fourth-order valence-corrected chi connectivity index (χ4v) is 4.73. The number of anilines is 1. The van der Waals surface area contributed by atoms with Gasteiger partial charge in [0, 0.05) is 14.9 Å². The molecule has 0 fully saturated rings. The summed E-state index contributed by atoms with van der Waals surface area (Å²) in [5.74, 6) is -1.16. The van der Waals surface area contributed by atoms with Crippen LogP contribution in [-0.4, -0.2) is 23.7 Å². The Morgan fingerprint density at radius 2 is 2.15 bits per heavy atom. The van der Waals surface area contributed by atoms with Crippen molar-refractivity contribution in [3.8, 4) is 0 Å². The Morgan fingerprint density at radius 3 is 2.85 bits per heavy atom. The van der Waals surface area contributed by atoms with Gasteiger partial charge in [0.1, 0.15) is 5.82 Å². The maximum absolute atomic E-state index is 14.3. The lowest BCUT2D eigenvalue weighted by molar-refractivity contribution is -0.144. The van der Waals surface area contributed by atoms with Crippen molar-refractivity contribution in [3.05, 3.63) is 57.3 Å². The number of hydrogen-bond donors (Lipinski definition) is 0. The van der Waals surface area contributed by atoms with Crippen LogP contribution in [0.1, 0.15) is 18.9 Å². The first kappa shape index (κ1) is 20.2. The number of benzene rings is 2. The first-order valence-corrected chi connectivity index (χ1v) is 10.3. The molecule has 0 bridgehead atoms. The molecule has 2 aromatic rings. The van der Waals surface area contributed by atoms with Crippen molar-refractivity contribution in [1.29, 1.82) is 0 Å². The molecule has 4 nitrogen and oxygen atoms in total. The van der Waals surface area contributed by atoms with Crippen molar-refractivity contribution >= 4 is 56.9 Å².